The van der Waals surface area contributed by atoms with Crippen molar-refractivity contribution in [2.45, 2.75) is 12.8 Å². The van der Waals surface area contributed by atoms with Crippen LogP contribution in [0.4, 0.5) is 5.69 Å². The summed E-state index contributed by atoms with van der Waals surface area (Å²) >= 11 is 0. The summed E-state index contributed by atoms with van der Waals surface area (Å²) in [7, 11) is 0. The van der Waals surface area contributed by atoms with Crippen molar-refractivity contribution in [2.75, 3.05) is 24.6 Å². The minimum atomic E-state index is -0.814. The molecule has 3 rings (SSSR count). The lowest BCUT2D eigenvalue weighted by molar-refractivity contribution is -0.135. The van der Waals surface area contributed by atoms with Crippen molar-refractivity contribution >= 4 is 11.7 Å². The summed E-state index contributed by atoms with van der Waals surface area (Å²) in [5.41, 5.74) is 3.41. The molecule has 1 aliphatic rings. The molecular weight excluding hydrogens is 278 g/mol. The molecule has 0 atom stereocenters. The SMILES string of the molecule is O=C(O)CN(CCc1ccc2c(c1)CCO2)c1ccccc1. The summed E-state index contributed by atoms with van der Waals surface area (Å²) in [5.74, 6) is 0.167. The molecule has 0 saturated carbocycles. The number of carboxylic acids is 1. The Morgan fingerprint density at radius 3 is 2.77 bits per heavy atom. The lowest BCUT2D eigenvalue weighted by Gasteiger charge is -2.23. The topological polar surface area (TPSA) is 49.8 Å². The molecule has 2 aromatic carbocycles. The summed E-state index contributed by atoms with van der Waals surface area (Å²) in [6.45, 7) is 1.45. The number of aliphatic carboxylic acids is 1. The van der Waals surface area contributed by atoms with Crippen LogP contribution in [0.1, 0.15) is 11.1 Å². The van der Waals surface area contributed by atoms with Crippen LogP contribution in [0.2, 0.25) is 0 Å². The van der Waals surface area contributed by atoms with E-state index in [4.69, 9.17) is 9.84 Å². The van der Waals surface area contributed by atoms with Crippen molar-refractivity contribution in [1.29, 1.82) is 0 Å². The number of nitrogens with zero attached hydrogens (tertiary/aromatic N) is 1. The maximum Gasteiger partial charge on any atom is 0.323 e. The molecule has 1 heterocycles. The van der Waals surface area contributed by atoms with E-state index in [1.54, 1.807) is 0 Å². The molecule has 1 N–H and O–H groups in total. The van der Waals surface area contributed by atoms with Crippen molar-refractivity contribution in [3.8, 4) is 5.75 Å². The molecule has 22 heavy (non-hydrogen) atoms. The fourth-order valence-corrected chi connectivity index (χ4v) is 2.76. The van der Waals surface area contributed by atoms with Crippen LogP contribution in [0.3, 0.4) is 0 Å². The Hall–Kier alpha value is -2.49. The highest BCUT2D eigenvalue weighted by atomic mass is 16.5. The fraction of sp³-hybridized carbons (Fsp3) is 0.278. The number of rotatable bonds is 6. The van der Waals surface area contributed by atoms with Crippen molar-refractivity contribution in [3.05, 3.63) is 59.7 Å². The number of hydrogen-bond donors (Lipinski definition) is 1. The fourth-order valence-electron chi connectivity index (χ4n) is 2.76. The molecule has 1 aliphatic heterocycles. The Kier molecular flexibility index (Phi) is 4.28. The van der Waals surface area contributed by atoms with Crippen LogP contribution in [0.15, 0.2) is 48.5 Å². The van der Waals surface area contributed by atoms with Gasteiger partial charge in [-0.1, -0.05) is 30.3 Å². The second-order valence-corrected chi connectivity index (χ2v) is 5.44. The molecular formula is C18H19NO3. The van der Waals surface area contributed by atoms with Gasteiger partial charge < -0.3 is 14.7 Å². The molecule has 0 aliphatic carbocycles. The van der Waals surface area contributed by atoms with Gasteiger partial charge in [0.15, 0.2) is 0 Å². The van der Waals surface area contributed by atoms with Crippen LogP contribution in [0.25, 0.3) is 0 Å². The molecule has 0 saturated heterocycles. The predicted molar refractivity (Wildman–Crippen MR) is 85.6 cm³/mol. The first kappa shape index (κ1) is 14.4. The van der Waals surface area contributed by atoms with Gasteiger partial charge in [-0.2, -0.15) is 0 Å². The predicted octanol–water partition coefficient (Wildman–Crippen LogP) is 2.76. The first-order valence-corrected chi connectivity index (χ1v) is 7.49. The Morgan fingerprint density at radius 2 is 2.00 bits per heavy atom. The number of anilines is 1. The number of para-hydroxylation sites is 1. The summed E-state index contributed by atoms with van der Waals surface area (Å²) in [6.07, 6.45) is 1.77. The maximum absolute atomic E-state index is 11.1. The second kappa shape index (κ2) is 6.52. The minimum absolute atomic E-state index is 0.0120. The van der Waals surface area contributed by atoms with Crippen LogP contribution in [0.5, 0.6) is 5.75 Å². The van der Waals surface area contributed by atoms with E-state index in [0.717, 1.165) is 30.9 Å². The largest absolute Gasteiger partial charge is 0.493 e. The van der Waals surface area contributed by atoms with E-state index in [1.165, 1.54) is 11.1 Å². The number of ether oxygens (including phenoxy) is 1. The number of hydrogen-bond acceptors (Lipinski definition) is 3. The van der Waals surface area contributed by atoms with Crippen LogP contribution >= 0.6 is 0 Å². The van der Waals surface area contributed by atoms with E-state index in [9.17, 15) is 4.79 Å². The van der Waals surface area contributed by atoms with E-state index in [-0.39, 0.29) is 6.54 Å². The first-order chi connectivity index (χ1) is 10.7. The molecule has 0 radical (unpaired) electrons. The molecule has 0 bridgehead atoms. The summed E-state index contributed by atoms with van der Waals surface area (Å²) in [5, 5.41) is 9.11. The molecule has 0 fully saturated rings. The van der Waals surface area contributed by atoms with Gasteiger partial charge in [-0.3, -0.25) is 4.79 Å². The number of benzene rings is 2. The third kappa shape index (κ3) is 3.39. The van der Waals surface area contributed by atoms with Gasteiger partial charge in [0.25, 0.3) is 0 Å². The van der Waals surface area contributed by atoms with Gasteiger partial charge in [-0.25, -0.2) is 0 Å². The lowest BCUT2D eigenvalue weighted by atomic mass is 10.1. The minimum Gasteiger partial charge on any atom is -0.493 e. The molecule has 2 aromatic rings. The van der Waals surface area contributed by atoms with Gasteiger partial charge in [0.05, 0.1) is 6.61 Å². The molecule has 0 unspecified atom stereocenters. The Balaban J connectivity index is 1.70. The van der Waals surface area contributed by atoms with E-state index < -0.39 is 5.97 Å². The van der Waals surface area contributed by atoms with Crippen LogP contribution in [0, 0.1) is 0 Å². The highest BCUT2D eigenvalue weighted by Gasteiger charge is 2.14. The summed E-state index contributed by atoms with van der Waals surface area (Å²) < 4.78 is 5.51. The monoisotopic (exact) mass is 297 g/mol. The van der Waals surface area contributed by atoms with E-state index in [1.807, 2.05) is 41.3 Å². The van der Waals surface area contributed by atoms with Gasteiger partial charge in [0.2, 0.25) is 0 Å². The van der Waals surface area contributed by atoms with E-state index in [2.05, 4.69) is 12.1 Å². The standard InChI is InChI=1S/C18H19NO3/c20-18(21)13-19(16-4-2-1-3-5-16)10-8-14-6-7-17-15(12-14)9-11-22-17/h1-7,12H,8-11,13H2,(H,20,21). The first-order valence-electron chi connectivity index (χ1n) is 7.49. The smallest absolute Gasteiger partial charge is 0.323 e. The van der Waals surface area contributed by atoms with Gasteiger partial charge in [0.1, 0.15) is 12.3 Å². The highest BCUT2D eigenvalue weighted by molar-refractivity contribution is 5.73. The normalized spacial score (nSPS) is 12.5. The maximum atomic E-state index is 11.1. The Morgan fingerprint density at radius 1 is 1.18 bits per heavy atom. The second-order valence-electron chi connectivity index (χ2n) is 5.44. The highest BCUT2D eigenvalue weighted by Crippen LogP contribution is 2.26. The van der Waals surface area contributed by atoms with Crippen LogP contribution in [-0.2, 0) is 17.6 Å². The molecule has 0 aromatic heterocycles. The van der Waals surface area contributed by atoms with Gasteiger partial charge in [-0.15, -0.1) is 0 Å². The third-order valence-electron chi connectivity index (χ3n) is 3.87. The van der Waals surface area contributed by atoms with Gasteiger partial charge >= 0.3 is 5.97 Å². The Bertz CT molecular complexity index is 655. The van der Waals surface area contributed by atoms with Crippen molar-refractivity contribution in [1.82, 2.24) is 0 Å². The van der Waals surface area contributed by atoms with Gasteiger partial charge in [0, 0.05) is 18.7 Å². The van der Waals surface area contributed by atoms with Crippen LogP contribution in [-0.4, -0.2) is 30.8 Å². The van der Waals surface area contributed by atoms with E-state index >= 15 is 0 Å². The van der Waals surface area contributed by atoms with Crippen molar-refractivity contribution < 1.29 is 14.6 Å². The number of fused-ring (bicyclic) bond motifs is 1. The summed E-state index contributed by atoms with van der Waals surface area (Å²) in [4.78, 5) is 13.0. The van der Waals surface area contributed by atoms with Crippen molar-refractivity contribution in [2.24, 2.45) is 0 Å². The molecule has 4 nitrogen and oxygen atoms in total. The zero-order valence-corrected chi connectivity index (χ0v) is 12.4. The quantitative estimate of drug-likeness (QED) is 0.890. The average Bonchev–Trinajstić information content (AvgIpc) is 2.99. The number of carbonyl (C=O) groups is 1. The Labute approximate surface area is 130 Å². The zero-order valence-electron chi connectivity index (χ0n) is 12.4. The van der Waals surface area contributed by atoms with Gasteiger partial charge in [-0.05, 0) is 35.7 Å². The molecule has 0 spiro atoms. The van der Waals surface area contributed by atoms with E-state index in [0.29, 0.717) is 6.54 Å². The van der Waals surface area contributed by atoms with Crippen molar-refractivity contribution in [3.63, 3.8) is 0 Å². The molecule has 114 valence electrons. The summed E-state index contributed by atoms with van der Waals surface area (Å²) in [6, 6.07) is 15.9. The average molecular weight is 297 g/mol. The molecule has 4 heteroatoms. The lowest BCUT2D eigenvalue weighted by Crippen LogP contribution is -2.31. The van der Waals surface area contributed by atoms with Crippen LogP contribution < -0.4 is 9.64 Å². The molecule has 0 amide bonds. The third-order valence-corrected chi connectivity index (χ3v) is 3.87. The number of carboxylic acid groups (broad SMARTS) is 1. The zero-order chi connectivity index (χ0) is 15.4.